The van der Waals surface area contributed by atoms with Crippen molar-refractivity contribution in [2.24, 2.45) is 16.8 Å². The van der Waals surface area contributed by atoms with Crippen molar-refractivity contribution in [1.29, 1.82) is 5.26 Å². The molecule has 0 bridgehead atoms. The van der Waals surface area contributed by atoms with Gasteiger partial charge in [-0.25, -0.2) is 5.84 Å². The minimum atomic E-state index is -0.592. The fourth-order valence-corrected chi connectivity index (χ4v) is 3.90. The number of hydrogen-bond acceptors (Lipinski definition) is 6. The van der Waals surface area contributed by atoms with E-state index in [-0.39, 0.29) is 11.7 Å². The summed E-state index contributed by atoms with van der Waals surface area (Å²) in [5, 5.41) is 16.5. The highest BCUT2D eigenvalue weighted by Crippen LogP contribution is 2.49. The van der Waals surface area contributed by atoms with Crippen molar-refractivity contribution in [3.8, 4) is 17.2 Å². The summed E-state index contributed by atoms with van der Waals surface area (Å²) in [6.07, 6.45) is 4.59. The molecule has 1 aliphatic rings. The molecule has 1 heterocycles. The van der Waals surface area contributed by atoms with Crippen LogP contribution in [0.25, 0.3) is 11.1 Å². The van der Waals surface area contributed by atoms with E-state index in [1.54, 1.807) is 36.5 Å². The number of pyridine rings is 1. The molecule has 0 spiro atoms. The van der Waals surface area contributed by atoms with Gasteiger partial charge >= 0.3 is 0 Å². The Balaban J connectivity index is 1.69. The van der Waals surface area contributed by atoms with Crippen molar-refractivity contribution in [2.75, 3.05) is 5.32 Å². The third kappa shape index (κ3) is 3.99. The molecule has 1 aliphatic carbocycles. The third-order valence-corrected chi connectivity index (χ3v) is 5.77. The summed E-state index contributed by atoms with van der Waals surface area (Å²) in [7, 11) is 0. The first kappa shape index (κ1) is 21.3. The lowest BCUT2D eigenvalue weighted by Crippen LogP contribution is -2.33. The van der Waals surface area contributed by atoms with Crippen LogP contribution in [-0.4, -0.2) is 16.7 Å². The number of nitrogens with one attached hydrogen (secondary N) is 2. The molecule has 6 N–H and O–H groups in total. The van der Waals surface area contributed by atoms with E-state index in [1.807, 2.05) is 18.2 Å². The molecule has 160 valence electrons. The maximum absolute atomic E-state index is 13.2. The first-order valence-corrected chi connectivity index (χ1v) is 10.2. The zero-order chi connectivity index (χ0) is 22.7. The first-order chi connectivity index (χ1) is 15.5. The molecule has 0 radical (unpaired) electrons. The van der Waals surface area contributed by atoms with Crippen molar-refractivity contribution in [1.82, 2.24) is 10.4 Å². The van der Waals surface area contributed by atoms with Crippen LogP contribution < -0.4 is 22.4 Å². The SMILES string of the molecule is N#Cc1cncc(-c2ccc(NC(=O)C3(c4cccc(Cl)c4)CC3)cc2/C(=N/N)NN)c1. The van der Waals surface area contributed by atoms with Gasteiger partial charge in [-0.1, -0.05) is 29.8 Å². The Kier molecular flexibility index (Phi) is 5.77. The van der Waals surface area contributed by atoms with Crippen LogP contribution in [0.5, 0.6) is 0 Å². The second-order valence-corrected chi connectivity index (χ2v) is 7.94. The zero-order valence-electron chi connectivity index (χ0n) is 17.0. The number of nitrogens with two attached hydrogens (primary N) is 2. The Hall–Kier alpha value is -3.93. The highest BCUT2D eigenvalue weighted by Gasteiger charge is 2.51. The van der Waals surface area contributed by atoms with Crippen LogP contribution in [0.15, 0.2) is 66.0 Å². The number of rotatable bonds is 5. The number of hydrazine groups is 1. The van der Waals surface area contributed by atoms with Crippen LogP contribution in [0.3, 0.4) is 0 Å². The average Bonchev–Trinajstić information content (AvgIpc) is 3.62. The lowest BCUT2D eigenvalue weighted by Gasteiger charge is -2.18. The van der Waals surface area contributed by atoms with Crippen molar-refractivity contribution >= 4 is 29.0 Å². The molecule has 1 aromatic heterocycles. The van der Waals surface area contributed by atoms with Gasteiger partial charge in [0.1, 0.15) is 6.07 Å². The molecule has 0 unspecified atom stereocenters. The number of benzene rings is 2. The van der Waals surface area contributed by atoms with E-state index in [0.717, 1.165) is 18.4 Å². The second kappa shape index (κ2) is 8.67. The van der Waals surface area contributed by atoms with E-state index in [0.29, 0.717) is 33.0 Å². The van der Waals surface area contributed by atoms with Crippen molar-refractivity contribution in [3.63, 3.8) is 0 Å². The Morgan fingerprint density at radius 1 is 1.19 bits per heavy atom. The standard InChI is InChI=1S/C23H20ClN7O/c24-17-3-1-2-16(9-17)23(6-7-23)22(32)29-18-4-5-19(20(10-18)21(30-26)31-27)15-8-14(11-25)12-28-13-15/h1-5,8-10,12-13H,6-7,26-27H2,(H,29,32)(H,30,31). The number of amides is 1. The van der Waals surface area contributed by atoms with Crippen molar-refractivity contribution in [3.05, 3.63) is 82.6 Å². The van der Waals surface area contributed by atoms with Crippen LogP contribution in [0.2, 0.25) is 5.02 Å². The van der Waals surface area contributed by atoms with Gasteiger partial charge in [0.2, 0.25) is 5.91 Å². The van der Waals surface area contributed by atoms with Gasteiger partial charge < -0.3 is 16.6 Å². The number of halogens is 1. The molecule has 4 rings (SSSR count). The van der Waals surface area contributed by atoms with Crippen molar-refractivity contribution in [2.45, 2.75) is 18.3 Å². The molecular formula is C23H20ClN7O. The van der Waals surface area contributed by atoms with Gasteiger partial charge in [-0.3, -0.25) is 9.78 Å². The highest BCUT2D eigenvalue weighted by molar-refractivity contribution is 6.30. The Bertz CT molecular complexity index is 1260. The predicted octanol–water partition coefficient (Wildman–Crippen LogP) is 3.03. The largest absolute Gasteiger partial charge is 0.325 e. The number of nitrogens with zero attached hydrogens (tertiary/aromatic N) is 3. The molecule has 3 aromatic rings. The lowest BCUT2D eigenvalue weighted by molar-refractivity contribution is -0.118. The average molecular weight is 446 g/mol. The van der Waals surface area contributed by atoms with E-state index in [9.17, 15) is 10.1 Å². The fraction of sp³-hybridized carbons (Fsp3) is 0.130. The predicted molar refractivity (Wildman–Crippen MR) is 123 cm³/mol. The van der Waals surface area contributed by atoms with Crippen LogP contribution in [-0.2, 0) is 10.2 Å². The Labute approximate surface area is 189 Å². The number of hydrogen-bond donors (Lipinski definition) is 4. The number of amidine groups is 1. The summed E-state index contributed by atoms with van der Waals surface area (Å²) in [5.74, 6) is 11.2. The van der Waals surface area contributed by atoms with Crippen LogP contribution in [0, 0.1) is 11.3 Å². The van der Waals surface area contributed by atoms with E-state index < -0.39 is 5.41 Å². The minimum Gasteiger partial charge on any atom is -0.325 e. The van der Waals surface area contributed by atoms with Gasteiger partial charge in [0.25, 0.3) is 0 Å². The molecule has 1 saturated carbocycles. The molecule has 9 heteroatoms. The monoisotopic (exact) mass is 445 g/mol. The summed E-state index contributed by atoms with van der Waals surface area (Å²) < 4.78 is 0. The molecule has 0 aliphatic heterocycles. The summed E-state index contributed by atoms with van der Waals surface area (Å²) >= 11 is 6.13. The first-order valence-electron chi connectivity index (χ1n) is 9.82. The van der Waals surface area contributed by atoms with Gasteiger partial charge in [0, 0.05) is 34.2 Å². The van der Waals surface area contributed by atoms with Gasteiger partial charge in [0.05, 0.1) is 11.0 Å². The lowest BCUT2D eigenvalue weighted by atomic mass is 9.94. The number of nitriles is 1. The molecule has 32 heavy (non-hydrogen) atoms. The third-order valence-electron chi connectivity index (χ3n) is 5.54. The van der Waals surface area contributed by atoms with E-state index >= 15 is 0 Å². The molecule has 1 fully saturated rings. The summed E-state index contributed by atoms with van der Waals surface area (Å²) in [5.41, 5.74) is 5.69. The molecular weight excluding hydrogens is 426 g/mol. The number of hydrazone groups is 1. The summed E-state index contributed by atoms with van der Waals surface area (Å²) in [6, 6.07) is 16.4. The highest BCUT2D eigenvalue weighted by atomic mass is 35.5. The second-order valence-electron chi connectivity index (χ2n) is 7.50. The fourth-order valence-electron chi connectivity index (χ4n) is 3.71. The smallest absolute Gasteiger partial charge is 0.235 e. The molecule has 8 nitrogen and oxygen atoms in total. The Morgan fingerprint density at radius 3 is 2.66 bits per heavy atom. The summed E-state index contributed by atoms with van der Waals surface area (Å²) in [6.45, 7) is 0. The number of aromatic nitrogens is 1. The van der Waals surface area contributed by atoms with Crippen LogP contribution in [0.1, 0.15) is 29.5 Å². The van der Waals surface area contributed by atoms with E-state index in [2.05, 4.69) is 26.9 Å². The maximum Gasteiger partial charge on any atom is 0.235 e. The van der Waals surface area contributed by atoms with Crippen LogP contribution >= 0.6 is 11.6 Å². The number of anilines is 1. The zero-order valence-corrected chi connectivity index (χ0v) is 17.7. The molecule has 0 atom stereocenters. The molecule has 0 saturated heterocycles. The van der Waals surface area contributed by atoms with Gasteiger partial charge in [-0.05, 0) is 54.3 Å². The summed E-state index contributed by atoms with van der Waals surface area (Å²) in [4.78, 5) is 17.3. The van der Waals surface area contributed by atoms with E-state index in [4.69, 9.17) is 23.3 Å². The number of carbonyl (C=O) groups excluding carboxylic acids is 1. The van der Waals surface area contributed by atoms with Gasteiger partial charge in [-0.2, -0.15) is 10.4 Å². The Morgan fingerprint density at radius 2 is 2.00 bits per heavy atom. The maximum atomic E-state index is 13.2. The normalized spacial score (nSPS) is 14.3. The van der Waals surface area contributed by atoms with E-state index in [1.165, 1.54) is 6.20 Å². The molecule has 2 aromatic carbocycles. The minimum absolute atomic E-state index is 0.112. The van der Waals surface area contributed by atoms with Crippen LogP contribution in [0.4, 0.5) is 5.69 Å². The van der Waals surface area contributed by atoms with Crippen molar-refractivity contribution < 1.29 is 4.79 Å². The molecule has 1 amide bonds. The van der Waals surface area contributed by atoms with Gasteiger partial charge in [-0.15, -0.1) is 0 Å². The topological polar surface area (TPSA) is 142 Å². The van der Waals surface area contributed by atoms with Gasteiger partial charge in [0.15, 0.2) is 5.84 Å². The quantitative estimate of drug-likeness (QED) is 0.206. The number of carbonyl (C=O) groups is 1.